The summed E-state index contributed by atoms with van der Waals surface area (Å²) in [6.45, 7) is 7.34. The number of rotatable bonds is 4. The van der Waals surface area contributed by atoms with Crippen LogP contribution >= 0.6 is 0 Å². The fourth-order valence-corrected chi connectivity index (χ4v) is 4.07. The van der Waals surface area contributed by atoms with E-state index in [-0.39, 0.29) is 23.8 Å². The molecular formula is C22H26FN3O5. The van der Waals surface area contributed by atoms with Crippen molar-refractivity contribution in [3.05, 3.63) is 46.8 Å². The van der Waals surface area contributed by atoms with Gasteiger partial charge in [-0.2, -0.15) is 0 Å². The first-order chi connectivity index (χ1) is 14.5. The first-order valence-electron chi connectivity index (χ1n) is 10.1. The van der Waals surface area contributed by atoms with E-state index in [1.54, 1.807) is 6.08 Å². The molecule has 3 atom stereocenters. The van der Waals surface area contributed by atoms with Crippen LogP contribution in [0.5, 0.6) is 0 Å². The molecule has 1 amide bonds. The SMILES string of the molecule is COC(=O)c1ncnc(C(=O)N[C@H]2CCC3C(C)=C(C(=O)OC(C)(C)C)C=CC32)c1F. The summed E-state index contributed by atoms with van der Waals surface area (Å²) in [6, 6.07) is -0.264. The smallest absolute Gasteiger partial charge is 0.359 e. The summed E-state index contributed by atoms with van der Waals surface area (Å²) in [5.41, 5.74) is -0.246. The minimum Gasteiger partial charge on any atom is -0.464 e. The number of methoxy groups -OCH3 is 1. The third-order valence-corrected chi connectivity index (χ3v) is 5.50. The van der Waals surface area contributed by atoms with Gasteiger partial charge in [0.05, 0.1) is 12.7 Å². The molecule has 2 aliphatic rings. The van der Waals surface area contributed by atoms with Crippen molar-refractivity contribution in [2.24, 2.45) is 11.8 Å². The highest BCUT2D eigenvalue weighted by molar-refractivity contribution is 5.96. The lowest BCUT2D eigenvalue weighted by Crippen LogP contribution is -2.40. The summed E-state index contributed by atoms with van der Waals surface area (Å²) in [5.74, 6) is -3.18. The van der Waals surface area contributed by atoms with Crippen LogP contribution in [-0.4, -0.2) is 46.6 Å². The average molecular weight is 431 g/mol. The maximum atomic E-state index is 14.5. The Labute approximate surface area is 179 Å². The number of halogens is 1. The Morgan fingerprint density at radius 2 is 1.81 bits per heavy atom. The molecule has 0 saturated heterocycles. The Balaban J connectivity index is 1.75. The quantitative estimate of drug-likeness (QED) is 0.731. The molecule has 1 saturated carbocycles. The van der Waals surface area contributed by atoms with E-state index in [2.05, 4.69) is 20.0 Å². The molecule has 1 N–H and O–H groups in total. The Bertz CT molecular complexity index is 980. The van der Waals surface area contributed by atoms with Gasteiger partial charge >= 0.3 is 11.9 Å². The maximum absolute atomic E-state index is 14.5. The second-order valence-corrected chi connectivity index (χ2v) is 8.68. The number of allylic oxidation sites excluding steroid dienone is 1. The number of aromatic nitrogens is 2. The van der Waals surface area contributed by atoms with Crippen molar-refractivity contribution in [1.29, 1.82) is 0 Å². The lowest BCUT2D eigenvalue weighted by molar-refractivity contribution is -0.149. The first-order valence-corrected chi connectivity index (χ1v) is 10.1. The number of nitrogens with one attached hydrogen (secondary N) is 1. The molecule has 3 rings (SSSR count). The predicted molar refractivity (Wildman–Crippen MR) is 108 cm³/mol. The van der Waals surface area contributed by atoms with Crippen LogP contribution in [0.3, 0.4) is 0 Å². The van der Waals surface area contributed by atoms with Crippen molar-refractivity contribution in [2.45, 2.75) is 52.2 Å². The van der Waals surface area contributed by atoms with Crippen molar-refractivity contribution >= 4 is 17.8 Å². The highest BCUT2D eigenvalue weighted by Gasteiger charge is 2.40. The Kier molecular flexibility index (Phi) is 6.24. The molecule has 9 heteroatoms. The number of hydrogen-bond donors (Lipinski definition) is 1. The molecule has 2 aliphatic carbocycles. The Morgan fingerprint density at radius 3 is 2.45 bits per heavy atom. The standard InChI is InChI=1S/C22H26FN3O5/c1-11-12-8-9-15(14(12)7-6-13(11)20(28)31-22(2,3)4)26-19(27)17-16(23)18(21(29)30-5)25-10-24-17/h6-7,10,12,14-15H,8-9H2,1-5H3,(H,26,27)/t12?,14?,15-/m0/s1. The average Bonchev–Trinajstić information content (AvgIpc) is 3.10. The van der Waals surface area contributed by atoms with Gasteiger partial charge in [0.25, 0.3) is 5.91 Å². The van der Waals surface area contributed by atoms with Gasteiger partial charge in [-0.15, -0.1) is 0 Å². The van der Waals surface area contributed by atoms with Gasteiger partial charge in [0.15, 0.2) is 17.2 Å². The van der Waals surface area contributed by atoms with Crippen LogP contribution in [0.2, 0.25) is 0 Å². The van der Waals surface area contributed by atoms with E-state index in [1.807, 2.05) is 33.8 Å². The second-order valence-electron chi connectivity index (χ2n) is 8.68. The molecule has 8 nitrogen and oxygen atoms in total. The zero-order chi connectivity index (χ0) is 22.9. The van der Waals surface area contributed by atoms with Crippen LogP contribution in [-0.2, 0) is 14.3 Å². The number of nitrogens with zero attached hydrogens (tertiary/aromatic N) is 2. The molecule has 1 aromatic heterocycles. The number of carbonyl (C=O) groups excluding carboxylic acids is 3. The van der Waals surface area contributed by atoms with Crippen LogP contribution in [0.15, 0.2) is 29.6 Å². The van der Waals surface area contributed by atoms with Crippen molar-refractivity contribution < 1.29 is 28.2 Å². The predicted octanol–water partition coefficient (Wildman–Crippen LogP) is 2.75. The molecule has 166 valence electrons. The summed E-state index contributed by atoms with van der Waals surface area (Å²) in [4.78, 5) is 44.0. The van der Waals surface area contributed by atoms with Gasteiger partial charge in [-0.1, -0.05) is 17.7 Å². The van der Waals surface area contributed by atoms with Gasteiger partial charge in [0.2, 0.25) is 0 Å². The van der Waals surface area contributed by atoms with Gasteiger partial charge in [-0.25, -0.2) is 23.9 Å². The van der Waals surface area contributed by atoms with Crippen molar-refractivity contribution in [3.63, 3.8) is 0 Å². The topological polar surface area (TPSA) is 107 Å². The number of hydrogen-bond acceptors (Lipinski definition) is 7. The lowest BCUT2D eigenvalue weighted by Gasteiger charge is -2.29. The van der Waals surface area contributed by atoms with E-state index in [9.17, 15) is 18.8 Å². The molecule has 1 fully saturated rings. The summed E-state index contributed by atoms with van der Waals surface area (Å²) in [5, 5.41) is 2.81. The molecular weight excluding hydrogens is 405 g/mol. The molecule has 0 radical (unpaired) electrons. The highest BCUT2D eigenvalue weighted by atomic mass is 19.1. The molecule has 2 unspecified atom stereocenters. The Hall–Kier alpha value is -3.10. The van der Waals surface area contributed by atoms with E-state index in [4.69, 9.17) is 4.74 Å². The molecule has 0 spiro atoms. The lowest BCUT2D eigenvalue weighted by atomic mass is 9.81. The van der Waals surface area contributed by atoms with Gasteiger partial charge in [0.1, 0.15) is 11.9 Å². The van der Waals surface area contributed by atoms with Gasteiger partial charge < -0.3 is 14.8 Å². The number of amides is 1. The van der Waals surface area contributed by atoms with E-state index in [1.165, 1.54) is 0 Å². The molecule has 1 aromatic rings. The van der Waals surface area contributed by atoms with Crippen LogP contribution in [0.4, 0.5) is 4.39 Å². The third-order valence-electron chi connectivity index (χ3n) is 5.50. The number of fused-ring (bicyclic) bond motifs is 1. The number of esters is 2. The van der Waals surface area contributed by atoms with E-state index < -0.39 is 34.7 Å². The van der Waals surface area contributed by atoms with Crippen LogP contribution < -0.4 is 5.32 Å². The third kappa shape index (κ3) is 4.65. The van der Waals surface area contributed by atoms with Crippen LogP contribution in [0, 0.1) is 17.7 Å². The summed E-state index contributed by atoms with van der Waals surface area (Å²) >= 11 is 0. The van der Waals surface area contributed by atoms with Gasteiger partial charge in [-0.3, -0.25) is 4.79 Å². The maximum Gasteiger partial charge on any atom is 0.359 e. The first kappa shape index (κ1) is 22.6. The van der Waals surface area contributed by atoms with Gasteiger partial charge in [0, 0.05) is 12.0 Å². The molecule has 0 aliphatic heterocycles. The zero-order valence-corrected chi connectivity index (χ0v) is 18.2. The van der Waals surface area contributed by atoms with E-state index in [0.29, 0.717) is 12.0 Å². The molecule has 1 heterocycles. The Morgan fingerprint density at radius 1 is 1.13 bits per heavy atom. The van der Waals surface area contributed by atoms with Crippen LogP contribution in [0.1, 0.15) is 61.5 Å². The van der Waals surface area contributed by atoms with Crippen LogP contribution in [0.25, 0.3) is 0 Å². The largest absolute Gasteiger partial charge is 0.464 e. The fraction of sp³-hybridized carbons (Fsp3) is 0.500. The fourth-order valence-electron chi connectivity index (χ4n) is 4.07. The van der Waals surface area contributed by atoms with Gasteiger partial charge in [-0.05, 0) is 46.5 Å². The number of carbonyl (C=O) groups is 3. The summed E-state index contributed by atoms with van der Waals surface area (Å²) in [6.07, 6.45) is 5.99. The highest BCUT2D eigenvalue weighted by Crippen LogP contribution is 2.42. The molecule has 31 heavy (non-hydrogen) atoms. The summed E-state index contributed by atoms with van der Waals surface area (Å²) in [7, 11) is 1.10. The van der Waals surface area contributed by atoms with E-state index >= 15 is 0 Å². The molecule has 0 bridgehead atoms. The van der Waals surface area contributed by atoms with Crippen molar-refractivity contribution in [1.82, 2.24) is 15.3 Å². The second kappa shape index (κ2) is 8.56. The van der Waals surface area contributed by atoms with E-state index in [0.717, 1.165) is 25.4 Å². The summed E-state index contributed by atoms with van der Waals surface area (Å²) < 4.78 is 24.5. The number of ether oxygens (including phenoxy) is 2. The normalized spacial score (nSPS) is 22.7. The monoisotopic (exact) mass is 431 g/mol. The van der Waals surface area contributed by atoms with Crippen molar-refractivity contribution in [3.8, 4) is 0 Å². The minimum atomic E-state index is -1.12. The van der Waals surface area contributed by atoms with Crippen molar-refractivity contribution in [2.75, 3.05) is 7.11 Å². The minimum absolute atomic E-state index is 0.0416. The molecule has 0 aromatic carbocycles. The zero-order valence-electron chi connectivity index (χ0n) is 18.2.